The minimum atomic E-state index is -0.649. The van der Waals surface area contributed by atoms with Gasteiger partial charge in [-0.05, 0) is 30.5 Å². The summed E-state index contributed by atoms with van der Waals surface area (Å²) in [5, 5.41) is 11.4. The monoisotopic (exact) mass is 295 g/mol. The summed E-state index contributed by atoms with van der Waals surface area (Å²) in [6.45, 7) is 0. The second-order valence-electron chi connectivity index (χ2n) is 6.42. The smallest absolute Gasteiger partial charge is 0.0891 e. The number of aliphatic hydroxyl groups is 1. The van der Waals surface area contributed by atoms with Crippen molar-refractivity contribution in [3.63, 3.8) is 0 Å². The van der Waals surface area contributed by atoms with E-state index in [2.05, 4.69) is 60.5 Å². The lowest BCUT2D eigenvalue weighted by molar-refractivity contribution is -0.0214. The average Bonchev–Trinajstić information content (AvgIpc) is 2.57. The molecular formula is C20H25NO. The summed E-state index contributed by atoms with van der Waals surface area (Å²) in [6, 6.07) is 20.8. The Morgan fingerprint density at radius 3 is 2.00 bits per heavy atom. The molecule has 0 spiro atoms. The lowest BCUT2D eigenvalue weighted by Gasteiger charge is -2.45. The van der Waals surface area contributed by atoms with E-state index in [0.717, 1.165) is 31.4 Å². The van der Waals surface area contributed by atoms with Gasteiger partial charge in [0.2, 0.25) is 0 Å². The fraction of sp³-hybridized carbons (Fsp3) is 0.400. The van der Waals surface area contributed by atoms with Gasteiger partial charge in [-0.3, -0.25) is 0 Å². The highest BCUT2D eigenvalue weighted by Crippen LogP contribution is 2.42. The lowest BCUT2D eigenvalue weighted by Crippen LogP contribution is -2.46. The molecule has 2 heteroatoms. The van der Waals surface area contributed by atoms with Crippen LogP contribution in [0.25, 0.3) is 0 Å². The second-order valence-corrected chi connectivity index (χ2v) is 6.42. The molecule has 0 amide bonds. The van der Waals surface area contributed by atoms with E-state index < -0.39 is 5.60 Å². The van der Waals surface area contributed by atoms with Crippen molar-refractivity contribution in [3.05, 3.63) is 66.2 Å². The lowest BCUT2D eigenvalue weighted by atomic mass is 9.76. The molecule has 2 aromatic carbocycles. The molecule has 116 valence electrons. The molecule has 1 N–H and O–H groups in total. The predicted molar refractivity (Wildman–Crippen MR) is 92.1 cm³/mol. The van der Waals surface area contributed by atoms with Crippen LogP contribution in [0.15, 0.2) is 60.7 Å². The van der Waals surface area contributed by atoms with Gasteiger partial charge >= 0.3 is 0 Å². The number of hydrogen-bond donors (Lipinski definition) is 1. The van der Waals surface area contributed by atoms with E-state index in [1.807, 2.05) is 12.1 Å². The van der Waals surface area contributed by atoms with Crippen LogP contribution in [0.2, 0.25) is 0 Å². The van der Waals surface area contributed by atoms with Crippen molar-refractivity contribution in [2.24, 2.45) is 0 Å². The molecule has 1 aliphatic carbocycles. The van der Waals surface area contributed by atoms with Gasteiger partial charge in [-0.2, -0.15) is 0 Å². The molecule has 1 unspecified atom stereocenters. The quantitative estimate of drug-likeness (QED) is 0.894. The fourth-order valence-corrected chi connectivity index (χ4v) is 3.78. The van der Waals surface area contributed by atoms with E-state index in [1.54, 1.807) is 0 Å². The van der Waals surface area contributed by atoms with E-state index in [4.69, 9.17) is 0 Å². The van der Waals surface area contributed by atoms with Crippen LogP contribution in [-0.4, -0.2) is 17.8 Å². The predicted octanol–water partition coefficient (Wildman–Crippen LogP) is 4.56. The van der Waals surface area contributed by atoms with Crippen molar-refractivity contribution in [1.29, 1.82) is 0 Å². The van der Waals surface area contributed by atoms with Gasteiger partial charge in [0.1, 0.15) is 0 Å². The molecule has 1 saturated carbocycles. The normalized spacial score (nSPS) is 18.6. The first kappa shape index (κ1) is 15.1. The Labute approximate surface area is 133 Å². The SMILES string of the molecule is CN(c1ccccc1)C(c1ccccc1)C1(O)CCCCC1. The topological polar surface area (TPSA) is 23.5 Å². The van der Waals surface area contributed by atoms with E-state index in [0.29, 0.717) is 0 Å². The van der Waals surface area contributed by atoms with E-state index in [1.165, 1.54) is 12.0 Å². The van der Waals surface area contributed by atoms with Crippen LogP contribution in [0, 0.1) is 0 Å². The van der Waals surface area contributed by atoms with Crippen LogP contribution >= 0.6 is 0 Å². The van der Waals surface area contributed by atoms with Gasteiger partial charge in [0.05, 0.1) is 11.6 Å². The summed E-state index contributed by atoms with van der Waals surface area (Å²) >= 11 is 0. The molecule has 0 saturated heterocycles. The third kappa shape index (κ3) is 3.02. The van der Waals surface area contributed by atoms with E-state index >= 15 is 0 Å². The molecule has 2 aromatic rings. The highest BCUT2D eigenvalue weighted by molar-refractivity contribution is 5.49. The van der Waals surface area contributed by atoms with Gasteiger partial charge in [-0.1, -0.05) is 67.8 Å². The second kappa shape index (κ2) is 6.53. The Kier molecular flexibility index (Phi) is 4.49. The third-order valence-electron chi connectivity index (χ3n) is 4.89. The Balaban J connectivity index is 1.99. The molecule has 3 rings (SSSR count). The largest absolute Gasteiger partial charge is 0.387 e. The minimum Gasteiger partial charge on any atom is -0.387 e. The van der Waals surface area contributed by atoms with Crippen LogP contribution in [0.5, 0.6) is 0 Å². The molecule has 2 nitrogen and oxygen atoms in total. The fourth-order valence-electron chi connectivity index (χ4n) is 3.78. The Bertz CT molecular complexity index is 575. The van der Waals surface area contributed by atoms with Crippen LogP contribution in [0.3, 0.4) is 0 Å². The van der Waals surface area contributed by atoms with Crippen LogP contribution in [0.1, 0.15) is 43.7 Å². The maximum absolute atomic E-state index is 11.4. The van der Waals surface area contributed by atoms with Gasteiger partial charge in [0.15, 0.2) is 0 Å². The molecule has 0 heterocycles. The number of hydrogen-bond acceptors (Lipinski definition) is 2. The third-order valence-corrected chi connectivity index (χ3v) is 4.89. The molecular weight excluding hydrogens is 270 g/mol. The Hall–Kier alpha value is -1.80. The van der Waals surface area contributed by atoms with Crippen molar-refractivity contribution in [3.8, 4) is 0 Å². The zero-order chi connectivity index (χ0) is 15.4. The maximum Gasteiger partial charge on any atom is 0.0891 e. The van der Waals surface area contributed by atoms with Gasteiger partial charge in [0.25, 0.3) is 0 Å². The molecule has 1 atom stereocenters. The highest BCUT2D eigenvalue weighted by Gasteiger charge is 2.41. The summed E-state index contributed by atoms with van der Waals surface area (Å²) in [6.07, 6.45) is 5.22. The van der Waals surface area contributed by atoms with Gasteiger partial charge < -0.3 is 10.0 Å². The molecule has 0 aliphatic heterocycles. The summed E-state index contributed by atoms with van der Waals surface area (Å²) < 4.78 is 0. The first-order valence-electron chi connectivity index (χ1n) is 8.26. The number of nitrogens with zero attached hydrogens (tertiary/aromatic N) is 1. The molecule has 1 aliphatic rings. The summed E-state index contributed by atoms with van der Waals surface area (Å²) in [7, 11) is 2.10. The van der Waals surface area contributed by atoms with Crippen molar-refractivity contribution in [2.75, 3.05) is 11.9 Å². The molecule has 0 bridgehead atoms. The molecule has 22 heavy (non-hydrogen) atoms. The Morgan fingerprint density at radius 2 is 1.41 bits per heavy atom. The van der Waals surface area contributed by atoms with Crippen molar-refractivity contribution in [2.45, 2.75) is 43.7 Å². The summed E-state index contributed by atoms with van der Waals surface area (Å²) in [5.74, 6) is 0. The first-order chi connectivity index (χ1) is 10.7. The van der Waals surface area contributed by atoms with Crippen LogP contribution < -0.4 is 4.90 Å². The Morgan fingerprint density at radius 1 is 0.864 bits per heavy atom. The van der Waals surface area contributed by atoms with E-state index in [9.17, 15) is 5.11 Å². The van der Waals surface area contributed by atoms with E-state index in [-0.39, 0.29) is 6.04 Å². The van der Waals surface area contributed by atoms with Crippen LogP contribution in [-0.2, 0) is 0 Å². The van der Waals surface area contributed by atoms with Crippen LogP contribution in [0.4, 0.5) is 5.69 Å². The molecule has 1 fully saturated rings. The average molecular weight is 295 g/mol. The molecule has 0 aromatic heterocycles. The number of anilines is 1. The van der Waals surface area contributed by atoms with Gasteiger partial charge in [-0.15, -0.1) is 0 Å². The standard InChI is InChI=1S/C20H25NO/c1-21(18-13-7-3-8-14-18)19(17-11-5-2-6-12-17)20(22)15-9-4-10-16-20/h2-3,5-8,11-14,19,22H,4,9-10,15-16H2,1H3. The van der Waals surface area contributed by atoms with Gasteiger partial charge in [0, 0.05) is 12.7 Å². The summed E-state index contributed by atoms with van der Waals surface area (Å²) in [4.78, 5) is 2.24. The number of rotatable bonds is 4. The minimum absolute atomic E-state index is 0.00333. The number of para-hydroxylation sites is 1. The van der Waals surface area contributed by atoms with Crippen molar-refractivity contribution >= 4 is 5.69 Å². The number of likely N-dealkylation sites (N-methyl/N-ethyl adjacent to an activating group) is 1. The highest BCUT2D eigenvalue weighted by atomic mass is 16.3. The van der Waals surface area contributed by atoms with Gasteiger partial charge in [-0.25, -0.2) is 0 Å². The van der Waals surface area contributed by atoms with Crippen molar-refractivity contribution < 1.29 is 5.11 Å². The first-order valence-corrected chi connectivity index (χ1v) is 8.26. The maximum atomic E-state index is 11.4. The zero-order valence-corrected chi connectivity index (χ0v) is 13.3. The van der Waals surface area contributed by atoms with Crippen molar-refractivity contribution in [1.82, 2.24) is 0 Å². The number of benzene rings is 2. The zero-order valence-electron chi connectivity index (χ0n) is 13.3. The molecule has 0 radical (unpaired) electrons. The summed E-state index contributed by atoms with van der Waals surface area (Å²) in [5.41, 5.74) is 1.69.